The van der Waals surface area contributed by atoms with Crippen LogP contribution in [0.25, 0.3) is 0 Å². The summed E-state index contributed by atoms with van der Waals surface area (Å²) in [5.74, 6) is -0.217. The van der Waals surface area contributed by atoms with Crippen molar-refractivity contribution in [1.29, 1.82) is 0 Å². The molecule has 10 heteroatoms. The van der Waals surface area contributed by atoms with Crippen molar-refractivity contribution < 1.29 is 13.2 Å². The van der Waals surface area contributed by atoms with Gasteiger partial charge in [-0.2, -0.15) is 9.40 Å². The van der Waals surface area contributed by atoms with E-state index >= 15 is 0 Å². The smallest absolute Gasteiger partial charge is 0.258 e. The van der Waals surface area contributed by atoms with Gasteiger partial charge >= 0.3 is 0 Å². The van der Waals surface area contributed by atoms with Crippen molar-refractivity contribution in [1.82, 2.24) is 19.0 Å². The standard InChI is InChI=1S/C21H23ClN4O3S2/c1-15-5-7-17(8-6-15)14-26-20(22)19(16(2)23-26)21(27)24-9-11-25(12-10-24)31(28,29)18-4-3-13-30-18/h3-8,13H,9-12,14H2,1-2H3. The van der Waals surface area contributed by atoms with E-state index < -0.39 is 10.0 Å². The van der Waals surface area contributed by atoms with Gasteiger partial charge in [-0.15, -0.1) is 11.3 Å². The lowest BCUT2D eigenvalue weighted by Gasteiger charge is -2.33. The van der Waals surface area contributed by atoms with Crippen LogP contribution in [0, 0.1) is 13.8 Å². The Labute approximate surface area is 190 Å². The van der Waals surface area contributed by atoms with E-state index in [1.54, 1.807) is 34.0 Å². The maximum atomic E-state index is 13.2. The molecule has 1 saturated heterocycles. The number of carbonyl (C=O) groups excluding carboxylic acids is 1. The second-order valence-corrected chi connectivity index (χ2v) is 11.0. The number of aryl methyl sites for hydroxylation is 2. The molecule has 0 bridgehead atoms. The van der Waals surface area contributed by atoms with Crippen LogP contribution in [0.3, 0.4) is 0 Å². The van der Waals surface area contributed by atoms with Crippen LogP contribution in [0.15, 0.2) is 46.0 Å². The topological polar surface area (TPSA) is 75.5 Å². The molecule has 0 saturated carbocycles. The number of benzene rings is 1. The molecule has 164 valence electrons. The van der Waals surface area contributed by atoms with Crippen LogP contribution in [0.1, 0.15) is 27.2 Å². The molecular weight excluding hydrogens is 456 g/mol. The third-order valence-electron chi connectivity index (χ3n) is 5.35. The molecule has 31 heavy (non-hydrogen) atoms. The van der Waals surface area contributed by atoms with Gasteiger partial charge in [-0.05, 0) is 30.9 Å². The minimum atomic E-state index is -3.51. The van der Waals surface area contributed by atoms with Gasteiger partial charge in [-0.25, -0.2) is 13.1 Å². The van der Waals surface area contributed by atoms with E-state index in [1.807, 2.05) is 31.2 Å². The summed E-state index contributed by atoms with van der Waals surface area (Å²) in [6.45, 7) is 5.38. The monoisotopic (exact) mass is 478 g/mol. The molecule has 2 aromatic heterocycles. The van der Waals surface area contributed by atoms with Crippen LogP contribution in [0.5, 0.6) is 0 Å². The predicted octanol–water partition coefficient (Wildman–Crippen LogP) is 3.41. The first-order chi connectivity index (χ1) is 14.8. The van der Waals surface area contributed by atoms with Gasteiger partial charge in [0.15, 0.2) is 0 Å². The molecule has 3 heterocycles. The summed E-state index contributed by atoms with van der Waals surface area (Å²) >= 11 is 7.74. The number of amides is 1. The van der Waals surface area contributed by atoms with Crippen LogP contribution in [0.2, 0.25) is 5.15 Å². The number of aromatic nitrogens is 2. The largest absolute Gasteiger partial charge is 0.336 e. The molecule has 0 N–H and O–H groups in total. The highest BCUT2D eigenvalue weighted by molar-refractivity contribution is 7.91. The summed E-state index contributed by atoms with van der Waals surface area (Å²) in [5.41, 5.74) is 3.16. The number of thiophene rings is 1. The zero-order valence-electron chi connectivity index (χ0n) is 17.3. The highest BCUT2D eigenvalue weighted by Gasteiger charge is 2.33. The Morgan fingerprint density at radius 3 is 2.39 bits per heavy atom. The Balaban J connectivity index is 1.47. The summed E-state index contributed by atoms with van der Waals surface area (Å²) in [5, 5.41) is 6.51. The first kappa shape index (κ1) is 22.0. The second kappa shape index (κ2) is 8.74. The summed E-state index contributed by atoms with van der Waals surface area (Å²) in [7, 11) is -3.51. The number of piperazine rings is 1. The van der Waals surface area contributed by atoms with E-state index in [1.165, 1.54) is 21.2 Å². The van der Waals surface area contributed by atoms with Gasteiger partial charge in [0.05, 0.1) is 17.8 Å². The van der Waals surface area contributed by atoms with E-state index in [9.17, 15) is 13.2 Å². The molecule has 3 aromatic rings. The Kier molecular flexibility index (Phi) is 6.20. The highest BCUT2D eigenvalue weighted by Crippen LogP contribution is 2.25. The molecule has 0 atom stereocenters. The molecule has 1 fully saturated rings. The van der Waals surface area contributed by atoms with Gasteiger partial charge in [0.1, 0.15) is 9.36 Å². The molecule has 0 spiro atoms. The second-order valence-electron chi connectivity index (χ2n) is 7.52. The Morgan fingerprint density at radius 1 is 1.10 bits per heavy atom. The fourth-order valence-electron chi connectivity index (χ4n) is 3.59. The first-order valence-electron chi connectivity index (χ1n) is 9.89. The van der Waals surface area contributed by atoms with Crippen LogP contribution in [-0.2, 0) is 16.6 Å². The fraction of sp³-hybridized carbons (Fsp3) is 0.333. The molecular formula is C21H23ClN4O3S2. The summed E-state index contributed by atoms with van der Waals surface area (Å²) < 4.78 is 28.8. The number of nitrogens with zero attached hydrogens (tertiary/aromatic N) is 4. The number of carbonyl (C=O) groups is 1. The molecule has 1 aliphatic heterocycles. The molecule has 7 nitrogen and oxygen atoms in total. The van der Waals surface area contributed by atoms with Crippen molar-refractivity contribution in [3.63, 3.8) is 0 Å². The van der Waals surface area contributed by atoms with E-state index in [0.717, 1.165) is 5.56 Å². The zero-order chi connectivity index (χ0) is 22.2. The molecule has 1 amide bonds. The molecule has 0 radical (unpaired) electrons. The first-order valence-corrected chi connectivity index (χ1v) is 12.6. The minimum Gasteiger partial charge on any atom is -0.336 e. The van der Waals surface area contributed by atoms with Crippen molar-refractivity contribution in [3.8, 4) is 0 Å². The molecule has 4 rings (SSSR count). The Morgan fingerprint density at radius 2 is 1.77 bits per heavy atom. The molecule has 0 aliphatic carbocycles. The third kappa shape index (κ3) is 4.41. The van der Waals surface area contributed by atoms with Gasteiger partial charge in [0.2, 0.25) is 0 Å². The zero-order valence-corrected chi connectivity index (χ0v) is 19.7. The average Bonchev–Trinajstić information content (AvgIpc) is 3.39. The molecule has 0 unspecified atom stereocenters. The van der Waals surface area contributed by atoms with Crippen molar-refractivity contribution in [2.45, 2.75) is 24.6 Å². The minimum absolute atomic E-state index is 0.217. The van der Waals surface area contributed by atoms with Crippen LogP contribution in [-0.4, -0.2) is 59.5 Å². The van der Waals surface area contributed by atoms with Gasteiger partial charge in [0.25, 0.3) is 15.9 Å². The highest BCUT2D eigenvalue weighted by atomic mass is 35.5. The lowest BCUT2D eigenvalue weighted by atomic mass is 10.1. The van der Waals surface area contributed by atoms with Crippen LogP contribution in [0.4, 0.5) is 0 Å². The predicted molar refractivity (Wildman–Crippen MR) is 121 cm³/mol. The Hall–Kier alpha value is -2.20. The van der Waals surface area contributed by atoms with Gasteiger partial charge < -0.3 is 4.90 Å². The van der Waals surface area contributed by atoms with Gasteiger partial charge in [-0.1, -0.05) is 47.5 Å². The lowest BCUT2D eigenvalue weighted by molar-refractivity contribution is 0.0697. The normalized spacial score (nSPS) is 15.4. The number of sulfonamides is 1. The number of rotatable bonds is 5. The number of hydrogen-bond donors (Lipinski definition) is 0. The van der Waals surface area contributed by atoms with E-state index in [2.05, 4.69) is 5.10 Å². The van der Waals surface area contributed by atoms with Crippen molar-refractivity contribution in [2.24, 2.45) is 0 Å². The number of halogens is 1. The van der Waals surface area contributed by atoms with Crippen molar-refractivity contribution in [2.75, 3.05) is 26.2 Å². The maximum absolute atomic E-state index is 13.2. The lowest BCUT2D eigenvalue weighted by Crippen LogP contribution is -2.50. The van der Waals surface area contributed by atoms with Gasteiger partial charge in [-0.3, -0.25) is 4.79 Å². The van der Waals surface area contributed by atoms with Crippen LogP contribution >= 0.6 is 22.9 Å². The number of hydrogen-bond acceptors (Lipinski definition) is 5. The van der Waals surface area contributed by atoms with Gasteiger partial charge in [0, 0.05) is 26.2 Å². The summed E-state index contributed by atoms with van der Waals surface area (Å²) in [6, 6.07) is 11.4. The molecule has 1 aliphatic rings. The summed E-state index contributed by atoms with van der Waals surface area (Å²) in [6.07, 6.45) is 0. The van der Waals surface area contributed by atoms with Crippen molar-refractivity contribution >= 4 is 38.9 Å². The molecule has 1 aromatic carbocycles. The SMILES string of the molecule is Cc1ccc(Cn2nc(C)c(C(=O)N3CCN(S(=O)(=O)c4cccs4)CC3)c2Cl)cc1. The third-order valence-corrected chi connectivity index (χ3v) is 9.00. The Bertz CT molecular complexity index is 1180. The maximum Gasteiger partial charge on any atom is 0.258 e. The quantitative estimate of drug-likeness (QED) is 0.563. The van der Waals surface area contributed by atoms with E-state index in [0.29, 0.717) is 40.3 Å². The van der Waals surface area contributed by atoms with Crippen molar-refractivity contribution in [3.05, 3.63) is 69.3 Å². The summed E-state index contributed by atoms with van der Waals surface area (Å²) in [4.78, 5) is 14.8. The van der Waals surface area contributed by atoms with E-state index in [4.69, 9.17) is 11.6 Å². The average molecular weight is 479 g/mol. The van der Waals surface area contributed by atoms with Crippen LogP contribution < -0.4 is 0 Å². The fourth-order valence-corrected chi connectivity index (χ4v) is 6.48. The van der Waals surface area contributed by atoms with E-state index in [-0.39, 0.29) is 19.0 Å².